The minimum atomic E-state index is 0.116. The summed E-state index contributed by atoms with van der Waals surface area (Å²) in [6, 6.07) is 0.778. The lowest BCUT2D eigenvalue weighted by Crippen LogP contribution is -2.45. The number of ether oxygens (including phenoxy) is 1. The van der Waals surface area contributed by atoms with E-state index in [1.165, 1.54) is 36.9 Å². The fourth-order valence-corrected chi connectivity index (χ4v) is 5.06. The number of amides is 1. The number of rotatable bonds is 7. The molecule has 1 N–H and O–H groups in total. The summed E-state index contributed by atoms with van der Waals surface area (Å²) in [6.45, 7) is 10.7. The Kier molecular flexibility index (Phi) is 6.80. The van der Waals surface area contributed by atoms with Crippen LogP contribution in [0.1, 0.15) is 76.1 Å². The van der Waals surface area contributed by atoms with Gasteiger partial charge in [-0.15, -0.1) is 0 Å². The summed E-state index contributed by atoms with van der Waals surface area (Å²) in [4.78, 5) is 23.6. The van der Waals surface area contributed by atoms with E-state index >= 15 is 0 Å². The van der Waals surface area contributed by atoms with Crippen LogP contribution in [0.3, 0.4) is 0 Å². The van der Waals surface area contributed by atoms with E-state index in [-0.39, 0.29) is 18.1 Å². The number of nitrogens with zero attached hydrogens (tertiary/aromatic N) is 4. The summed E-state index contributed by atoms with van der Waals surface area (Å²) in [6.07, 6.45) is 9.60. The van der Waals surface area contributed by atoms with Crippen LogP contribution in [-0.2, 0) is 4.79 Å². The SMILES string of the molecule is CCC(C)NC(=O)CN1CCC(Oc2ncnc3c2c(C)c(C)n3C2CCCC2)CC1. The number of likely N-dealkylation sites (tertiary alicyclic amines) is 1. The van der Waals surface area contributed by atoms with Gasteiger partial charge < -0.3 is 14.6 Å². The maximum Gasteiger partial charge on any atom is 0.234 e. The van der Waals surface area contributed by atoms with Gasteiger partial charge in [-0.25, -0.2) is 9.97 Å². The number of aromatic nitrogens is 3. The molecule has 1 unspecified atom stereocenters. The van der Waals surface area contributed by atoms with Crippen LogP contribution in [0.5, 0.6) is 5.88 Å². The van der Waals surface area contributed by atoms with Gasteiger partial charge in [0.25, 0.3) is 0 Å². The summed E-state index contributed by atoms with van der Waals surface area (Å²) in [5.41, 5.74) is 3.54. The molecule has 4 rings (SSSR count). The predicted molar refractivity (Wildman–Crippen MR) is 122 cm³/mol. The Labute approximate surface area is 185 Å². The first kappa shape index (κ1) is 22.1. The van der Waals surface area contributed by atoms with Crippen LogP contribution in [0.15, 0.2) is 6.33 Å². The Morgan fingerprint density at radius 1 is 1.19 bits per heavy atom. The third-order valence-electron chi connectivity index (χ3n) is 7.19. The Hall–Kier alpha value is -2.15. The summed E-state index contributed by atoms with van der Waals surface area (Å²) < 4.78 is 8.85. The van der Waals surface area contributed by atoms with Crippen molar-refractivity contribution < 1.29 is 9.53 Å². The number of piperidine rings is 1. The second-order valence-electron chi connectivity index (χ2n) is 9.37. The molecule has 1 aliphatic carbocycles. The molecule has 170 valence electrons. The molecular formula is C24H37N5O2. The van der Waals surface area contributed by atoms with Gasteiger partial charge in [-0.2, -0.15) is 0 Å². The lowest BCUT2D eigenvalue weighted by Gasteiger charge is -2.31. The molecule has 1 saturated heterocycles. The third kappa shape index (κ3) is 4.71. The van der Waals surface area contributed by atoms with Crippen molar-refractivity contribution in [2.75, 3.05) is 19.6 Å². The van der Waals surface area contributed by atoms with Crippen molar-refractivity contribution in [3.8, 4) is 5.88 Å². The summed E-state index contributed by atoms with van der Waals surface area (Å²) in [5, 5.41) is 4.13. The highest BCUT2D eigenvalue weighted by atomic mass is 16.5. The average molecular weight is 428 g/mol. The Morgan fingerprint density at radius 2 is 1.90 bits per heavy atom. The van der Waals surface area contributed by atoms with Crippen LogP contribution in [-0.4, -0.2) is 57.1 Å². The molecule has 0 radical (unpaired) electrons. The van der Waals surface area contributed by atoms with Gasteiger partial charge in [-0.05, 0) is 58.4 Å². The van der Waals surface area contributed by atoms with Crippen LogP contribution in [0.4, 0.5) is 0 Å². The lowest BCUT2D eigenvalue weighted by atomic mass is 10.1. The first-order chi connectivity index (χ1) is 15.0. The zero-order valence-corrected chi connectivity index (χ0v) is 19.5. The molecule has 1 saturated carbocycles. The Bertz CT molecular complexity index is 910. The van der Waals surface area contributed by atoms with Crippen LogP contribution >= 0.6 is 0 Å². The van der Waals surface area contributed by atoms with Gasteiger partial charge in [0.15, 0.2) is 0 Å². The molecule has 2 aromatic heterocycles. The standard InChI is InChI=1S/C24H37N5O2/c1-5-16(2)27-21(30)14-28-12-10-20(11-13-28)31-24-22-17(3)18(4)29(19-8-6-7-9-19)23(22)25-15-26-24/h15-16,19-20H,5-14H2,1-4H3,(H,27,30). The average Bonchev–Trinajstić information content (AvgIpc) is 3.37. The maximum atomic E-state index is 12.2. The first-order valence-corrected chi connectivity index (χ1v) is 12.0. The molecule has 1 amide bonds. The zero-order chi connectivity index (χ0) is 22.0. The van der Waals surface area contributed by atoms with E-state index in [0.717, 1.165) is 49.3 Å². The highest BCUT2D eigenvalue weighted by molar-refractivity contribution is 5.86. The Morgan fingerprint density at radius 3 is 2.58 bits per heavy atom. The monoisotopic (exact) mass is 427 g/mol. The van der Waals surface area contributed by atoms with Crippen LogP contribution < -0.4 is 10.1 Å². The van der Waals surface area contributed by atoms with E-state index in [1.807, 2.05) is 6.92 Å². The van der Waals surface area contributed by atoms with Crippen LogP contribution in [0.2, 0.25) is 0 Å². The van der Waals surface area contributed by atoms with E-state index in [4.69, 9.17) is 4.74 Å². The molecule has 2 aliphatic rings. The minimum absolute atomic E-state index is 0.116. The fraction of sp³-hybridized carbons (Fsp3) is 0.708. The van der Waals surface area contributed by atoms with Gasteiger partial charge in [0.1, 0.15) is 18.1 Å². The summed E-state index contributed by atoms with van der Waals surface area (Å²) in [5.74, 6) is 0.834. The fourth-order valence-electron chi connectivity index (χ4n) is 5.06. The van der Waals surface area contributed by atoms with Crippen molar-refractivity contribution in [3.63, 3.8) is 0 Å². The lowest BCUT2D eigenvalue weighted by molar-refractivity contribution is -0.123. The molecule has 31 heavy (non-hydrogen) atoms. The number of fused-ring (bicyclic) bond motifs is 1. The molecule has 0 spiro atoms. The second-order valence-corrected chi connectivity index (χ2v) is 9.37. The van der Waals surface area contributed by atoms with E-state index in [2.05, 4.69) is 45.5 Å². The van der Waals surface area contributed by atoms with E-state index in [1.54, 1.807) is 6.33 Å². The van der Waals surface area contributed by atoms with Gasteiger partial charge in [-0.1, -0.05) is 19.8 Å². The van der Waals surface area contributed by atoms with Crippen molar-refractivity contribution in [2.45, 2.75) is 90.8 Å². The molecule has 2 fully saturated rings. The van der Waals surface area contributed by atoms with Crippen LogP contribution in [0.25, 0.3) is 11.0 Å². The summed E-state index contributed by atoms with van der Waals surface area (Å²) >= 11 is 0. The smallest absolute Gasteiger partial charge is 0.234 e. The van der Waals surface area contributed by atoms with Crippen molar-refractivity contribution in [1.82, 2.24) is 24.8 Å². The molecule has 1 aliphatic heterocycles. The molecule has 7 heteroatoms. The maximum absolute atomic E-state index is 12.2. The molecule has 0 aromatic carbocycles. The molecule has 2 aromatic rings. The van der Waals surface area contributed by atoms with E-state index in [9.17, 15) is 4.79 Å². The predicted octanol–water partition coefficient (Wildman–Crippen LogP) is 3.92. The first-order valence-electron chi connectivity index (χ1n) is 12.0. The van der Waals surface area contributed by atoms with Crippen molar-refractivity contribution in [1.29, 1.82) is 0 Å². The van der Waals surface area contributed by atoms with Gasteiger partial charge in [0, 0.05) is 30.9 Å². The molecule has 3 heterocycles. The molecular weight excluding hydrogens is 390 g/mol. The van der Waals surface area contributed by atoms with E-state index < -0.39 is 0 Å². The van der Waals surface area contributed by atoms with Crippen molar-refractivity contribution in [3.05, 3.63) is 17.6 Å². The third-order valence-corrected chi connectivity index (χ3v) is 7.19. The van der Waals surface area contributed by atoms with Gasteiger partial charge >= 0.3 is 0 Å². The van der Waals surface area contributed by atoms with Gasteiger partial charge in [0.2, 0.25) is 11.8 Å². The molecule has 1 atom stereocenters. The number of aryl methyl sites for hydroxylation is 1. The van der Waals surface area contributed by atoms with Gasteiger partial charge in [0.05, 0.1) is 11.9 Å². The zero-order valence-electron chi connectivity index (χ0n) is 19.5. The van der Waals surface area contributed by atoms with Gasteiger partial charge in [-0.3, -0.25) is 9.69 Å². The largest absolute Gasteiger partial charge is 0.474 e. The second kappa shape index (κ2) is 9.55. The van der Waals surface area contributed by atoms with Crippen LogP contribution in [0, 0.1) is 13.8 Å². The quantitative estimate of drug-likeness (QED) is 0.725. The number of carbonyl (C=O) groups is 1. The Balaban J connectivity index is 1.42. The van der Waals surface area contributed by atoms with Crippen molar-refractivity contribution in [2.24, 2.45) is 0 Å². The topological polar surface area (TPSA) is 72.3 Å². The normalized spacial score (nSPS) is 19.7. The summed E-state index contributed by atoms with van der Waals surface area (Å²) in [7, 11) is 0. The molecule has 0 bridgehead atoms. The number of hydrogen-bond donors (Lipinski definition) is 1. The minimum Gasteiger partial charge on any atom is -0.474 e. The highest BCUT2D eigenvalue weighted by Gasteiger charge is 2.27. The number of carbonyl (C=O) groups excluding carboxylic acids is 1. The highest BCUT2D eigenvalue weighted by Crippen LogP contribution is 2.38. The number of nitrogens with one attached hydrogen (secondary N) is 1. The molecule has 7 nitrogen and oxygen atoms in total. The van der Waals surface area contributed by atoms with E-state index in [0.29, 0.717) is 12.6 Å². The van der Waals surface area contributed by atoms with Crippen molar-refractivity contribution >= 4 is 16.9 Å². The number of hydrogen-bond acceptors (Lipinski definition) is 5.